The van der Waals surface area contributed by atoms with Gasteiger partial charge in [0.2, 0.25) is 10.0 Å². The highest BCUT2D eigenvalue weighted by molar-refractivity contribution is 7.89. The molecule has 0 saturated carbocycles. The van der Waals surface area contributed by atoms with Crippen LogP contribution in [0.4, 0.5) is 0 Å². The van der Waals surface area contributed by atoms with Gasteiger partial charge in [0, 0.05) is 17.7 Å². The summed E-state index contributed by atoms with van der Waals surface area (Å²) in [7, 11) is -3.54. The van der Waals surface area contributed by atoms with E-state index in [-0.39, 0.29) is 12.4 Å². The summed E-state index contributed by atoms with van der Waals surface area (Å²) in [4.78, 5) is 3.91. The van der Waals surface area contributed by atoms with Crippen molar-refractivity contribution in [2.24, 2.45) is 10.6 Å². The number of aromatic nitrogens is 1. The van der Waals surface area contributed by atoms with Crippen molar-refractivity contribution in [3.8, 4) is 5.75 Å². The fraction of sp³-hybridized carbons (Fsp3) is 0.583. The molecule has 0 amide bonds. The summed E-state index contributed by atoms with van der Waals surface area (Å²) in [5.74, 6) is 0.425. The van der Waals surface area contributed by atoms with Gasteiger partial charge in [-0.15, -0.1) is 0 Å². The Hall–Kier alpha value is -0.850. The largest absolute Gasteiger partial charge is 0.491 e. The molecule has 0 aliphatic carbocycles. The highest BCUT2D eigenvalue weighted by Gasteiger charge is 2.32. The number of rotatable bonds is 7. The van der Waals surface area contributed by atoms with Crippen LogP contribution in [0.1, 0.15) is 26.7 Å². The fourth-order valence-electron chi connectivity index (χ4n) is 1.83. The summed E-state index contributed by atoms with van der Waals surface area (Å²) in [5, 5.41) is 5.62. The molecule has 0 atom stereocenters. The highest BCUT2D eigenvalue weighted by atomic mass is 35.5. The zero-order chi connectivity index (χ0) is 14.5. The molecule has 1 aromatic heterocycles. The second-order valence-electron chi connectivity index (χ2n) is 4.64. The summed E-state index contributed by atoms with van der Waals surface area (Å²) >= 11 is 5.81. The van der Waals surface area contributed by atoms with Gasteiger partial charge < -0.3 is 4.74 Å². The summed E-state index contributed by atoms with van der Waals surface area (Å²) in [6, 6.07) is 1.64. The van der Waals surface area contributed by atoms with Gasteiger partial charge in [-0.2, -0.15) is 0 Å². The number of nitrogens with two attached hydrogens (primary N) is 1. The molecule has 0 spiro atoms. The molecule has 1 rings (SSSR count). The molecule has 0 aliphatic heterocycles. The first-order valence-electron chi connectivity index (χ1n) is 6.04. The quantitative estimate of drug-likeness (QED) is 0.837. The molecule has 1 aromatic rings. The van der Waals surface area contributed by atoms with E-state index < -0.39 is 15.4 Å². The standard InChI is InChI=1S/C12H19ClN2O3S/c1-3-12(4-2,9-19(14,16)17)8-18-11-5-10(13)6-15-7-11/h5-7H,3-4,8-9H2,1-2H3,(H2,14,16,17). The maximum absolute atomic E-state index is 11.3. The van der Waals surface area contributed by atoms with E-state index in [0.717, 1.165) is 0 Å². The second kappa shape index (κ2) is 6.54. The Balaban J connectivity index is 2.79. The number of pyridine rings is 1. The Labute approximate surface area is 119 Å². The van der Waals surface area contributed by atoms with Crippen molar-refractivity contribution in [2.75, 3.05) is 12.4 Å². The van der Waals surface area contributed by atoms with Gasteiger partial charge in [0.1, 0.15) is 5.75 Å². The normalized spacial score (nSPS) is 12.4. The molecule has 1 heterocycles. The smallest absolute Gasteiger partial charge is 0.209 e. The van der Waals surface area contributed by atoms with Crippen LogP contribution in [-0.4, -0.2) is 25.8 Å². The number of halogens is 1. The van der Waals surface area contributed by atoms with E-state index in [9.17, 15) is 8.42 Å². The minimum absolute atomic E-state index is 0.0962. The Morgan fingerprint density at radius 1 is 1.37 bits per heavy atom. The molecule has 19 heavy (non-hydrogen) atoms. The van der Waals surface area contributed by atoms with Crippen LogP contribution < -0.4 is 9.88 Å². The average molecular weight is 307 g/mol. The predicted molar refractivity (Wildman–Crippen MR) is 75.7 cm³/mol. The Kier molecular flexibility index (Phi) is 5.58. The summed E-state index contributed by atoms with van der Waals surface area (Å²) < 4.78 is 28.3. The van der Waals surface area contributed by atoms with Gasteiger partial charge >= 0.3 is 0 Å². The molecule has 2 N–H and O–H groups in total. The van der Waals surface area contributed by atoms with Crippen molar-refractivity contribution >= 4 is 21.6 Å². The maximum atomic E-state index is 11.3. The summed E-state index contributed by atoms with van der Waals surface area (Å²) in [6.45, 7) is 4.11. The molecule has 0 radical (unpaired) electrons. The van der Waals surface area contributed by atoms with Crippen molar-refractivity contribution in [1.29, 1.82) is 0 Å². The lowest BCUT2D eigenvalue weighted by atomic mass is 9.85. The third kappa shape index (κ3) is 5.34. The van der Waals surface area contributed by atoms with Crippen LogP contribution in [-0.2, 0) is 10.0 Å². The van der Waals surface area contributed by atoms with Crippen molar-refractivity contribution in [3.63, 3.8) is 0 Å². The Morgan fingerprint density at radius 3 is 2.47 bits per heavy atom. The number of hydrogen-bond acceptors (Lipinski definition) is 4. The van der Waals surface area contributed by atoms with Crippen LogP contribution >= 0.6 is 11.6 Å². The minimum atomic E-state index is -3.54. The van der Waals surface area contributed by atoms with Gasteiger partial charge in [-0.1, -0.05) is 25.4 Å². The Bertz CT molecular complexity index is 515. The number of primary sulfonamides is 1. The predicted octanol–water partition coefficient (Wildman–Crippen LogP) is 2.21. The third-order valence-electron chi connectivity index (χ3n) is 3.23. The molecular weight excluding hydrogens is 288 g/mol. The molecular formula is C12H19ClN2O3S. The maximum Gasteiger partial charge on any atom is 0.209 e. The minimum Gasteiger partial charge on any atom is -0.491 e. The fourth-order valence-corrected chi connectivity index (χ4v) is 3.34. The molecule has 0 aromatic carbocycles. The lowest BCUT2D eigenvalue weighted by Crippen LogP contribution is -2.37. The van der Waals surface area contributed by atoms with Gasteiger partial charge in [-0.3, -0.25) is 4.98 Å². The van der Waals surface area contributed by atoms with Gasteiger partial charge in [0.05, 0.1) is 23.6 Å². The summed E-state index contributed by atoms with van der Waals surface area (Å²) in [6.07, 6.45) is 4.37. The van der Waals surface area contributed by atoms with Crippen LogP contribution in [0, 0.1) is 5.41 Å². The van der Waals surface area contributed by atoms with Gasteiger partial charge in [-0.05, 0) is 12.8 Å². The van der Waals surface area contributed by atoms with E-state index in [1.165, 1.54) is 6.20 Å². The number of hydrogen-bond donors (Lipinski definition) is 1. The highest BCUT2D eigenvalue weighted by Crippen LogP contribution is 2.29. The SMILES string of the molecule is CCC(CC)(COc1cncc(Cl)c1)CS(N)(=O)=O. The van der Waals surface area contributed by atoms with Crippen molar-refractivity contribution in [1.82, 2.24) is 4.98 Å². The molecule has 0 unspecified atom stereocenters. The van der Waals surface area contributed by atoms with E-state index >= 15 is 0 Å². The molecule has 0 aliphatic rings. The zero-order valence-electron chi connectivity index (χ0n) is 11.1. The first-order chi connectivity index (χ1) is 8.80. The van der Waals surface area contributed by atoms with Crippen LogP contribution in [0.25, 0.3) is 0 Å². The molecule has 108 valence electrons. The summed E-state index contributed by atoms with van der Waals surface area (Å²) in [5.41, 5.74) is -0.490. The van der Waals surface area contributed by atoms with Crippen LogP contribution in [0.2, 0.25) is 5.02 Å². The molecule has 5 nitrogen and oxygen atoms in total. The van der Waals surface area contributed by atoms with E-state index in [1.54, 1.807) is 12.3 Å². The Morgan fingerprint density at radius 2 is 2.00 bits per heavy atom. The van der Waals surface area contributed by atoms with Crippen LogP contribution in [0.5, 0.6) is 5.75 Å². The van der Waals surface area contributed by atoms with Gasteiger partial charge in [0.25, 0.3) is 0 Å². The lowest BCUT2D eigenvalue weighted by molar-refractivity contribution is 0.154. The zero-order valence-corrected chi connectivity index (χ0v) is 12.7. The molecule has 0 saturated heterocycles. The van der Waals surface area contributed by atoms with Crippen LogP contribution in [0.3, 0.4) is 0 Å². The number of ether oxygens (including phenoxy) is 1. The lowest BCUT2D eigenvalue weighted by Gasteiger charge is -2.30. The second-order valence-corrected chi connectivity index (χ2v) is 6.69. The van der Waals surface area contributed by atoms with E-state index in [4.69, 9.17) is 21.5 Å². The van der Waals surface area contributed by atoms with E-state index in [0.29, 0.717) is 23.6 Å². The topological polar surface area (TPSA) is 82.3 Å². The first kappa shape index (κ1) is 16.2. The molecule has 0 bridgehead atoms. The first-order valence-corrected chi connectivity index (χ1v) is 8.13. The van der Waals surface area contributed by atoms with Crippen molar-refractivity contribution in [2.45, 2.75) is 26.7 Å². The average Bonchev–Trinajstić information content (AvgIpc) is 2.33. The van der Waals surface area contributed by atoms with Crippen molar-refractivity contribution in [3.05, 3.63) is 23.5 Å². The van der Waals surface area contributed by atoms with Gasteiger partial charge in [-0.25, -0.2) is 13.6 Å². The number of sulfonamides is 1. The van der Waals surface area contributed by atoms with Gasteiger partial charge in [0.15, 0.2) is 0 Å². The van der Waals surface area contributed by atoms with E-state index in [1.807, 2.05) is 13.8 Å². The van der Waals surface area contributed by atoms with E-state index in [2.05, 4.69) is 4.98 Å². The number of nitrogens with zero attached hydrogens (tertiary/aromatic N) is 1. The van der Waals surface area contributed by atoms with Crippen LogP contribution in [0.15, 0.2) is 18.5 Å². The monoisotopic (exact) mass is 306 g/mol. The van der Waals surface area contributed by atoms with Crippen molar-refractivity contribution < 1.29 is 13.2 Å². The molecule has 7 heteroatoms. The third-order valence-corrected chi connectivity index (χ3v) is 4.45. The molecule has 0 fully saturated rings.